The van der Waals surface area contributed by atoms with E-state index in [4.69, 9.17) is 11.6 Å². The van der Waals surface area contributed by atoms with Gasteiger partial charge >= 0.3 is 0 Å². The van der Waals surface area contributed by atoms with Crippen LogP contribution in [0.2, 0.25) is 5.02 Å². The van der Waals surface area contributed by atoms with Crippen molar-refractivity contribution in [2.75, 3.05) is 18.5 Å². The predicted octanol–water partition coefficient (Wildman–Crippen LogP) is 2.42. The van der Waals surface area contributed by atoms with Gasteiger partial charge < -0.3 is 15.7 Å². The highest BCUT2D eigenvalue weighted by Crippen LogP contribution is 2.15. The molecule has 106 valence electrons. The Hall–Kier alpha value is -1.10. The first-order chi connectivity index (χ1) is 9.05. The molecule has 0 aliphatic carbocycles. The maximum absolute atomic E-state index is 11.8. The van der Waals surface area contributed by atoms with Crippen molar-refractivity contribution in [3.8, 4) is 0 Å². The second kappa shape index (κ2) is 7.48. The van der Waals surface area contributed by atoms with Crippen molar-refractivity contribution in [3.63, 3.8) is 0 Å². The van der Waals surface area contributed by atoms with Crippen molar-refractivity contribution in [1.82, 2.24) is 5.32 Å². The van der Waals surface area contributed by atoms with E-state index in [-0.39, 0.29) is 24.6 Å². The van der Waals surface area contributed by atoms with Crippen molar-refractivity contribution in [3.05, 3.63) is 29.3 Å². The van der Waals surface area contributed by atoms with Gasteiger partial charge in [-0.15, -0.1) is 0 Å². The number of amides is 1. The highest BCUT2D eigenvalue weighted by Gasteiger charge is 2.24. The molecule has 0 radical (unpaired) electrons. The molecule has 0 unspecified atom stereocenters. The summed E-state index contributed by atoms with van der Waals surface area (Å²) in [6, 6.07) is 6.94. The normalized spacial score (nSPS) is 11.4. The molecule has 1 aromatic rings. The van der Waals surface area contributed by atoms with Gasteiger partial charge in [-0.05, 0) is 37.1 Å². The number of hydrogen-bond acceptors (Lipinski definition) is 3. The number of nitrogens with one attached hydrogen (secondary N) is 2. The minimum atomic E-state index is -0.378. The van der Waals surface area contributed by atoms with Crippen molar-refractivity contribution >= 4 is 23.2 Å². The van der Waals surface area contributed by atoms with E-state index in [2.05, 4.69) is 10.6 Å². The summed E-state index contributed by atoms with van der Waals surface area (Å²) in [5.74, 6) is -0.137. The summed E-state index contributed by atoms with van der Waals surface area (Å²) in [5, 5.41) is 15.9. The number of carbonyl (C=O) groups excluding carboxylic acids is 1. The Labute approximate surface area is 119 Å². The maximum Gasteiger partial charge on any atom is 0.238 e. The van der Waals surface area contributed by atoms with E-state index in [0.29, 0.717) is 10.7 Å². The highest BCUT2D eigenvalue weighted by molar-refractivity contribution is 6.30. The van der Waals surface area contributed by atoms with Crippen LogP contribution in [-0.4, -0.2) is 29.7 Å². The van der Waals surface area contributed by atoms with Crippen LogP contribution < -0.4 is 10.6 Å². The Morgan fingerprint density at radius 1 is 1.26 bits per heavy atom. The first-order valence-corrected chi connectivity index (χ1v) is 6.84. The molecule has 0 aromatic heterocycles. The van der Waals surface area contributed by atoms with Crippen LogP contribution in [0.15, 0.2) is 24.3 Å². The molecule has 0 saturated carbocycles. The summed E-state index contributed by atoms with van der Waals surface area (Å²) >= 11 is 5.77. The lowest BCUT2D eigenvalue weighted by molar-refractivity contribution is -0.115. The molecule has 0 fully saturated rings. The number of hydrogen-bond donors (Lipinski definition) is 3. The molecule has 19 heavy (non-hydrogen) atoms. The molecule has 1 amide bonds. The number of rotatable bonds is 7. The largest absolute Gasteiger partial charge is 0.394 e. The van der Waals surface area contributed by atoms with Crippen LogP contribution in [-0.2, 0) is 4.79 Å². The number of halogens is 1. The molecule has 0 spiro atoms. The first-order valence-electron chi connectivity index (χ1n) is 6.46. The van der Waals surface area contributed by atoms with Crippen LogP contribution >= 0.6 is 11.6 Å². The van der Waals surface area contributed by atoms with E-state index < -0.39 is 0 Å². The molecule has 0 atom stereocenters. The molecular formula is C14H21ClN2O2. The third-order valence-corrected chi connectivity index (χ3v) is 3.66. The summed E-state index contributed by atoms with van der Waals surface area (Å²) in [4.78, 5) is 11.8. The topological polar surface area (TPSA) is 61.4 Å². The predicted molar refractivity (Wildman–Crippen MR) is 78.5 cm³/mol. The van der Waals surface area contributed by atoms with Crippen molar-refractivity contribution in [2.45, 2.75) is 32.2 Å². The highest BCUT2D eigenvalue weighted by atomic mass is 35.5. The number of aliphatic hydroxyl groups excluding tert-OH is 1. The van der Waals surface area contributed by atoms with E-state index in [0.717, 1.165) is 12.8 Å². The lowest BCUT2D eigenvalue weighted by atomic mass is 9.94. The molecule has 5 heteroatoms. The summed E-state index contributed by atoms with van der Waals surface area (Å²) in [7, 11) is 0. The Kier molecular flexibility index (Phi) is 6.28. The van der Waals surface area contributed by atoms with E-state index in [1.807, 2.05) is 13.8 Å². The Bertz CT molecular complexity index is 394. The van der Waals surface area contributed by atoms with Crippen LogP contribution in [0.25, 0.3) is 0 Å². The van der Waals surface area contributed by atoms with Gasteiger partial charge in [-0.1, -0.05) is 25.4 Å². The first kappa shape index (κ1) is 16.0. The van der Waals surface area contributed by atoms with E-state index in [1.165, 1.54) is 0 Å². The molecule has 1 rings (SSSR count). The standard InChI is InChI=1S/C14H21ClN2O2/c1-3-14(4-2,10-18)16-9-13(19)17-12-7-5-11(15)6-8-12/h5-8,16,18H,3-4,9-10H2,1-2H3,(H,17,19). The second-order valence-corrected chi connectivity index (χ2v) is 4.99. The zero-order chi connectivity index (χ0) is 14.3. The van der Waals surface area contributed by atoms with Gasteiger partial charge in [-0.2, -0.15) is 0 Å². The van der Waals surface area contributed by atoms with E-state index in [9.17, 15) is 9.90 Å². The molecule has 3 N–H and O–H groups in total. The van der Waals surface area contributed by atoms with E-state index >= 15 is 0 Å². The minimum Gasteiger partial charge on any atom is -0.394 e. The summed E-state index contributed by atoms with van der Waals surface area (Å²) in [6.07, 6.45) is 1.54. The lowest BCUT2D eigenvalue weighted by Crippen LogP contribution is -2.50. The number of aliphatic hydroxyl groups is 1. The SMILES string of the molecule is CCC(CC)(CO)NCC(=O)Nc1ccc(Cl)cc1. The van der Waals surface area contributed by atoms with Gasteiger partial charge in [0.15, 0.2) is 0 Å². The molecule has 0 aliphatic heterocycles. The van der Waals surface area contributed by atoms with Gasteiger partial charge in [-0.3, -0.25) is 4.79 Å². The minimum absolute atomic E-state index is 0.0220. The average Bonchev–Trinajstić information content (AvgIpc) is 2.44. The monoisotopic (exact) mass is 284 g/mol. The summed E-state index contributed by atoms with van der Waals surface area (Å²) in [6.45, 7) is 4.17. The lowest BCUT2D eigenvalue weighted by Gasteiger charge is -2.30. The van der Waals surface area contributed by atoms with Crippen molar-refractivity contribution in [2.24, 2.45) is 0 Å². The maximum atomic E-state index is 11.8. The van der Waals surface area contributed by atoms with Gasteiger partial charge in [0.1, 0.15) is 0 Å². The van der Waals surface area contributed by atoms with Crippen LogP contribution in [0.1, 0.15) is 26.7 Å². The van der Waals surface area contributed by atoms with Gasteiger partial charge in [0, 0.05) is 16.2 Å². The van der Waals surface area contributed by atoms with Crippen LogP contribution in [0.3, 0.4) is 0 Å². The second-order valence-electron chi connectivity index (χ2n) is 4.55. The number of carbonyl (C=O) groups is 1. The van der Waals surface area contributed by atoms with Gasteiger partial charge in [0.05, 0.1) is 13.2 Å². The average molecular weight is 285 g/mol. The van der Waals surface area contributed by atoms with E-state index in [1.54, 1.807) is 24.3 Å². The molecule has 0 bridgehead atoms. The smallest absolute Gasteiger partial charge is 0.238 e. The molecular weight excluding hydrogens is 264 g/mol. The van der Waals surface area contributed by atoms with Crippen LogP contribution in [0.4, 0.5) is 5.69 Å². The molecule has 0 heterocycles. The molecule has 0 aliphatic rings. The number of anilines is 1. The van der Waals surface area contributed by atoms with Crippen LogP contribution in [0, 0.1) is 0 Å². The Morgan fingerprint density at radius 3 is 2.32 bits per heavy atom. The fourth-order valence-electron chi connectivity index (χ4n) is 1.79. The number of benzene rings is 1. The van der Waals surface area contributed by atoms with Gasteiger partial charge in [-0.25, -0.2) is 0 Å². The molecule has 4 nitrogen and oxygen atoms in total. The van der Waals surface area contributed by atoms with Crippen molar-refractivity contribution in [1.29, 1.82) is 0 Å². The van der Waals surface area contributed by atoms with Gasteiger partial charge in [0.2, 0.25) is 5.91 Å². The Morgan fingerprint density at radius 2 is 1.84 bits per heavy atom. The zero-order valence-corrected chi connectivity index (χ0v) is 12.1. The Balaban J connectivity index is 2.49. The van der Waals surface area contributed by atoms with Crippen LogP contribution in [0.5, 0.6) is 0 Å². The summed E-state index contributed by atoms with van der Waals surface area (Å²) < 4.78 is 0. The fraction of sp³-hybridized carbons (Fsp3) is 0.500. The van der Waals surface area contributed by atoms with Gasteiger partial charge in [0.25, 0.3) is 0 Å². The quantitative estimate of drug-likeness (QED) is 0.721. The zero-order valence-electron chi connectivity index (χ0n) is 11.4. The third kappa shape index (κ3) is 4.82. The molecule has 0 saturated heterocycles. The third-order valence-electron chi connectivity index (χ3n) is 3.41. The van der Waals surface area contributed by atoms with Crippen molar-refractivity contribution < 1.29 is 9.90 Å². The molecule has 1 aromatic carbocycles. The fourth-order valence-corrected chi connectivity index (χ4v) is 1.91. The summed E-state index contributed by atoms with van der Waals surface area (Å²) in [5.41, 5.74) is 0.330.